The predicted octanol–water partition coefficient (Wildman–Crippen LogP) is 3.63. The number of aromatic nitrogens is 3. The highest BCUT2D eigenvalue weighted by Crippen LogP contribution is 2.35. The van der Waals surface area contributed by atoms with Gasteiger partial charge in [0, 0.05) is 5.70 Å². The van der Waals surface area contributed by atoms with E-state index in [4.69, 9.17) is 9.47 Å². The van der Waals surface area contributed by atoms with E-state index in [9.17, 15) is 4.79 Å². The topological polar surface area (TPSA) is 78.3 Å². The summed E-state index contributed by atoms with van der Waals surface area (Å²) in [7, 11) is 1.37. The van der Waals surface area contributed by atoms with Crippen molar-refractivity contribution < 1.29 is 14.3 Å². The summed E-state index contributed by atoms with van der Waals surface area (Å²) in [5.74, 6) is 0.936. The van der Waals surface area contributed by atoms with E-state index in [2.05, 4.69) is 34.5 Å². The number of methoxy groups -OCH3 is 1. The molecular formula is C22H22N4O3. The molecule has 1 aliphatic heterocycles. The van der Waals surface area contributed by atoms with Crippen molar-refractivity contribution >= 4 is 11.9 Å². The van der Waals surface area contributed by atoms with Crippen LogP contribution in [0, 0.1) is 6.92 Å². The fraction of sp³-hybridized carbons (Fsp3) is 0.227. The predicted molar refractivity (Wildman–Crippen MR) is 108 cm³/mol. The lowest BCUT2D eigenvalue weighted by atomic mass is 9.96. The Morgan fingerprint density at radius 3 is 2.62 bits per heavy atom. The van der Waals surface area contributed by atoms with Crippen LogP contribution in [-0.2, 0) is 16.1 Å². The lowest BCUT2D eigenvalue weighted by Gasteiger charge is -2.28. The van der Waals surface area contributed by atoms with Crippen molar-refractivity contribution in [2.24, 2.45) is 0 Å². The molecule has 29 heavy (non-hydrogen) atoms. The fourth-order valence-electron chi connectivity index (χ4n) is 3.45. The maximum atomic E-state index is 12.4. The fourth-order valence-corrected chi connectivity index (χ4v) is 3.45. The molecule has 0 saturated carbocycles. The zero-order valence-electron chi connectivity index (χ0n) is 16.5. The first-order chi connectivity index (χ1) is 14.1. The lowest BCUT2D eigenvalue weighted by Crippen LogP contribution is -2.29. The van der Waals surface area contributed by atoms with Gasteiger partial charge in [-0.3, -0.25) is 0 Å². The van der Waals surface area contributed by atoms with Gasteiger partial charge in [-0.15, -0.1) is 0 Å². The minimum Gasteiger partial charge on any atom is -0.489 e. The van der Waals surface area contributed by atoms with Crippen LogP contribution in [0.1, 0.15) is 29.7 Å². The van der Waals surface area contributed by atoms with Crippen molar-refractivity contribution in [3.05, 3.63) is 82.8 Å². The molecule has 148 valence electrons. The molecular weight excluding hydrogens is 368 g/mol. The molecule has 3 aromatic rings. The molecule has 0 amide bonds. The second-order valence-corrected chi connectivity index (χ2v) is 6.87. The largest absolute Gasteiger partial charge is 0.489 e. The molecule has 0 radical (unpaired) electrons. The van der Waals surface area contributed by atoms with E-state index in [1.54, 1.807) is 4.68 Å². The van der Waals surface area contributed by atoms with E-state index in [0.717, 1.165) is 16.9 Å². The molecule has 4 rings (SSSR count). The van der Waals surface area contributed by atoms with Gasteiger partial charge in [-0.25, -0.2) is 9.48 Å². The molecule has 0 spiro atoms. The Morgan fingerprint density at radius 1 is 1.14 bits per heavy atom. The second-order valence-electron chi connectivity index (χ2n) is 6.87. The summed E-state index contributed by atoms with van der Waals surface area (Å²) in [6, 6.07) is 15.4. The highest BCUT2D eigenvalue weighted by Gasteiger charge is 2.33. The van der Waals surface area contributed by atoms with Gasteiger partial charge in [0.15, 0.2) is 0 Å². The van der Waals surface area contributed by atoms with E-state index < -0.39 is 12.0 Å². The number of rotatable bonds is 5. The average Bonchev–Trinajstić information content (AvgIpc) is 3.20. The van der Waals surface area contributed by atoms with Gasteiger partial charge in [0.1, 0.15) is 24.7 Å². The molecule has 0 fully saturated rings. The molecule has 0 saturated heterocycles. The summed E-state index contributed by atoms with van der Waals surface area (Å²) < 4.78 is 12.6. The molecule has 1 atom stereocenters. The summed E-state index contributed by atoms with van der Waals surface area (Å²) in [6.45, 7) is 4.40. The lowest BCUT2D eigenvalue weighted by molar-refractivity contribution is -0.136. The molecule has 2 heterocycles. The van der Waals surface area contributed by atoms with Gasteiger partial charge in [-0.1, -0.05) is 36.4 Å². The number of hydrogen-bond donors (Lipinski definition) is 1. The van der Waals surface area contributed by atoms with E-state index in [0.29, 0.717) is 23.8 Å². The highest BCUT2D eigenvalue weighted by atomic mass is 16.5. The Morgan fingerprint density at radius 2 is 1.90 bits per heavy atom. The summed E-state index contributed by atoms with van der Waals surface area (Å²) in [6.07, 6.45) is 1.46. The van der Waals surface area contributed by atoms with Crippen LogP contribution in [-0.4, -0.2) is 27.8 Å². The van der Waals surface area contributed by atoms with Crippen LogP contribution in [0.15, 0.2) is 66.1 Å². The monoisotopic (exact) mass is 390 g/mol. The normalized spacial score (nSPS) is 15.5. The SMILES string of the molecule is COC(=O)C1=C(C)Nc2ncnn2[C@@H]1c1ccc(OCc2ccccc2C)cc1. The molecule has 2 aromatic carbocycles. The van der Waals surface area contributed by atoms with E-state index in [-0.39, 0.29) is 0 Å². The third-order valence-corrected chi connectivity index (χ3v) is 5.05. The number of carbonyl (C=O) groups is 1. The highest BCUT2D eigenvalue weighted by molar-refractivity contribution is 5.92. The summed E-state index contributed by atoms with van der Waals surface area (Å²) in [5.41, 5.74) is 4.43. The first-order valence-electron chi connectivity index (χ1n) is 9.31. The van der Waals surface area contributed by atoms with Gasteiger partial charge >= 0.3 is 5.97 Å². The van der Waals surface area contributed by atoms with Crippen molar-refractivity contribution in [3.63, 3.8) is 0 Å². The zero-order chi connectivity index (χ0) is 20.4. The summed E-state index contributed by atoms with van der Waals surface area (Å²) in [4.78, 5) is 16.7. The molecule has 0 unspecified atom stereocenters. The minimum atomic E-state index is -0.424. The molecule has 1 N–H and O–H groups in total. The quantitative estimate of drug-likeness (QED) is 0.671. The Balaban J connectivity index is 1.60. The number of anilines is 1. The van der Waals surface area contributed by atoms with Crippen LogP contribution in [0.3, 0.4) is 0 Å². The number of fused-ring (bicyclic) bond motifs is 1. The zero-order valence-corrected chi connectivity index (χ0v) is 16.5. The van der Waals surface area contributed by atoms with Gasteiger partial charge in [-0.2, -0.15) is 10.1 Å². The smallest absolute Gasteiger partial charge is 0.338 e. The number of benzene rings is 2. The molecule has 7 nitrogen and oxygen atoms in total. The number of carbonyl (C=O) groups excluding carboxylic acids is 1. The van der Waals surface area contributed by atoms with Crippen LogP contribution in [0.4, 0.5) is 5.95 Å². The van der Waals surface area contributed by atoms with E-state index in [1.807, 2.05) is 43.3 Å². The molecule has 7 heteroatoms. The van der Waals surface area contributed by atoms with Gasteiger partial charge in [-0.05, 0) is 42.7 Å². The number of hydrogen-bond acceptors (Lipinski definition) is 6. The number of esters is 1. The number of ether oxygens (including phenoxy) is 2. The van der Waals surface area contributed by atoms with Gasteiger partial charge in [0.05, 0.1) is 12.7 Å². The van der Waals surface area contributed by atoms with Crippen molar-refractivity contribution in [2.45, 2.75) is 26.5 Å². The van der Waals surface area contributed by atoms with Crippen LogP contribution in [0.25, 0.3) is 0 Å². The Bertz CT molecular complexity index is 1070. The van der Waals surface area contributed by atoms with Crippen LogP contribution in [0.2, 0.25) is 0 Å². The van der Waals surface area contributed by atoms with Crippen LogP contribution < -0.4 is 10.1 Å². The van der Waals surface area contributed by atoms with Crippen molar-refractivity contribution in [1.29, 1.82) is 0 Å². The van der Waals surface area contributed by atoms with E-state index >= 15 is 0 Å². The first-order valence-corrected chi connectivity index (χ1v) is 9.31. The van der Waals surface area contributed by atoms with Gasteiger partial charge in [0.25, 0.3) is 0 Å². The van der Waals surface area contributed by atoms with Crippen LogP contribution >= 0.6 is 0 Å². The summed E-state index contributed by atoms with van der Waals surface area (Å²) >= 11 is 0. The van der Waals surface area contributed by atoms with Crippen LogP contribution in [0.5, 0.6) is 5.75 Å². The molecule has 0 bridgehead atoms. The molecule has 1 aromatic heterocycles. The van der Waals surface area contributed by atoms with Crippen molar-refractivity contribution in [2.75, 3.05) is 12.4 Å². The number of aryl methyl sites for hydroxylation is 1. The van der Waals surface area contributed by atoms with Gasteiger partial charge < -0.3 is 14.8 Å². The van der Waals surface area contributed by atoms with Crippen molar-refractivity contribution in [1.82, 2.24) is 14.8 Å². The standard InChI is InChI=1S/C22H22N4O3/c1-14-6-4-5-7-17(14)12-29-18-10-8-16(9-11-18)20-19(21(27)28-3)15(2)25-22-23-13-24-26(20)22/h4-11,13,20H,12H2,1-3H3,(H,23,24,25)/t20-/m1/s1. The number of allylic oxidation sites excluding steroid dienone is 1. The summed E-state index contributed by atoms with van der Waals surface area (Å²) in [5, 5.41) is 7.40. The Labute approximate surface area is 169 Å². The van der Waals surface area contributed by atoms with Gasteiger partial charge in [0.2, 0.25) is 5.95 Å². The van der Waals surface area contributed by atoms with E-state index in [1.165, 1.54) is 19.0 Å². The third-order valence-electron chi connectivity index (χ3n) is 5.05. The maximum absolute atomic E-state index is 12.4. The first kappa shape index (κ1) is 18.7. The maximum Gasteiger partial charge on any atom is 0.338 e. The second kappa shape index (κ2) is 7.79. The Kier molecular flexibility index (Phi) is 5.03. The minimum absolute atomic E-state index is 0.402. The number of nitrogens with one attached hydrogen (secondary N) is 1. The molecule has 0 aliphatic carbocycles. The average molecular weight is 390 g/mol. The number of nitrogens with zero attached hydrogens (tertiary/aromatic N) is 3. The Hall–Kier alpha value is -3.61. The third kappa shape index (κ3) is 3.59. The molecule has 1 aliphatic rings. The van der Waals surface area contributed by atoms with Crippen molar-refractivity contribution in [3.8, 4) is 5.75 Å².